The first-order valence-electron chi connectivity index (χ1n) is 6.00. The summed E-state index contributed by atoms with van der Waals surface area (Å²) in [5.74, 6) is 0.455. The summed E-state index contributed by atoms with van der Waals surface area (Å²) in [6.07, 6.45) is 0. The van der Waals surface area contributed by atoms with Crippen LogP contribution in [0.15, 0.2) is 42.5 Å². The summed E-state index contributed by atoms with van der Waals surface area (Å²) < 4.78 is 5.15. The molecule has 2 aromatic rings. The number of hydrogen-bond acceptors (Lipinski definition) is 3. The normalized spacial score (nSPS) is 10.2. The fourth-order valence-corrected chi connectivity index (χ4v) is 2.02. The number of nitrogen functional groups attached to an aromatic ring is 1. The Hall–Kier alpha value is -2.20. The lowest BCUT2D eigenvalue weighted by molar-refractivity contribution is 0.0993. The Morgan fingerprint density at radius 1 is 1.25 bits per heavy atom. The largest absolute Gasteiger partial charge is 0.497 e. The van der Waals surface area contributed by atoms with E-state index in [1.165, 1.54) is 4.90 Å². The Kier molecular flexibility index (Phi) is 4.15. The monoisotopic (exact) mass is 290 g/mol. The quantitative estimate of drug-likeness (QED) is 0.883. The van der Waals surface area contributed by atoms with Crippen LogP contribution in [-0.2, 0) is 0 Å². The Morgan fingerprint density at radius 2 is 2.00 bits per heavy atom. The average Bonchev–Trinajstić information content (AvgIpc) is 2.48. The molecule has 0 aliphatic rings. The van der Waals surface area contributed by atoms with Gasteiger partial charge >= 0.3 is 0 Å². The zero-order chi connectivity index (χ0) is 14.7. The molecule has 0 radical (unpaired) electrons. The third-order valence-corrected chi connectivity index (χ3v) is 3.30. The van der Waals surface area contributed by atoms with Crippen LogP contribution in [0.4, 0.5) is 11.4 Å². The van der Waals surface area contributed by atoms with Gasteiger partial charge in [-0.3, -0.25) is 4.79 Å². The van der Waals surface area contributed by atoms with Crippen molar-refractivity contribution in [2.45, 2.75) is 0 Å². The molecule has 0 spiro atoms. The summed E-state index contributed by atoms with van der Waals surface area (Å²) in [7, 11) is 3.26. The van der Waals surface area contributed by atoms with Gasteiger partial charge in [0.15, 0.2) is 0 Å². The van der Waals surface area contributed by atoms with Crippen LogP contribution < -0.4 is 15.4 Å². The SMILES string of the molecule is COc1cccc(N(C)C(=O)c2cc(N)ccc2Cl)c1. The summed E-state index contributed by atoms with van der Waals surface area (Å²) in [5.41, 5.74) is 7.29. The Labute approximate surface area is 122 Å². The van der Waals surface area contributed by atoms with Crippen LogP contribution in [-0.4, -0.2) is 20.1 Å². The second-order valence-corrected chi connectivity index (χ2v) is 4.71. The van der Waals surface area contributed by atoms with E-state index in [-0.39, 0.29) is 5.91 Å². The lowest BCUT2D eigenvalue weighted by atomic mass is 10.1. The highest BCUT2D eigenvalue weighted by molar-refractivity contribution is 6.34. The molecule has 0 aromatic heterocycles. The number of carbonyl (C=O) groups is 1. The van der Waals surface area contributed by atoms with Crippen molar-refractivity contribution in [2.75, 3.05) is 24.8 Å². The van der Waals surface area contributed by atoms with Crippen LogP contribution >= 0.6 is 11.6 Å². The topological polar surface area (TPSA) is 55.6 Å². The van der Waals surface area contributed by atoms with Crippen LogP contribution in [0.3, 0.4) is 0 Å². The fraction of sp³-hybridized carbons (Fsp3) is 0.133. The molecule has 0 unspecified atom stereocenters. The smallest absolute Gasteiger partial charge is 0.259 e. The van der Waals surface area contributed by atoms with Gasteiger partial charge < -0.3 is 15.4 Å². The maximum absolute atomic E-state index is 12.5. The summed E-state index contributed by atoms with van der Waals surface area (Å²) >= 11 is 6.05. The first-order chi connectivity index (χ1) is 9.52. The summed E-state index contributed by atoms with van der Waals surface area (Å²) in [4.78, 5) is 14.0. The number of amides is 1. The van der Waals surface area contributed by atoms with E-state index in [1.807, 2.05) is 18.2 Å². The number of carbonyl (C=O) groups excluding carboxylic acids is 1. The van der Waals surface area contributed by atoms with Crippen LogP contribution in [0.5, 0.6) is 5.75 Å². The zero-order valence-electron chi connectivity index (χ0n) is 11.3. The van der Waals surface area contributed by atoms with Crippen molar-refractivity contribution in [3.63, 3.8) is 0 Å². The van der Waals surface area contributed by atoms with Crippen molar-refractivity contribution in [3.05, 3.63) is 53.1 Å². The number of methoxy groups -OCH3 is 1. The van der Waals surface area contributed by atoms with E-state index in [0.29, 0.717) is 27.7 Å². The Balaban J connectivity index is 2.34. The number of nitrogens with zero attached hydrogens (tertiary/aromatic N) is 1. The van der Waals surface area contributed by atoms with Gasteiger partial charge in [-0.05, 0) is 30.3 Å². The molecule has 104 valence electrons. The first kappa shape index (κ1) is 14.2. The minimum atomic E-state index is -0.226. The van der Waals surface area contributed by atoms with Crippen molar-refractivity contribution < 1.29 is 9.53 Å². The molecule has 0 saturated carbocycles. The Bertz CT molecular complexity index is 644. The van der Waals surface area contributed by atoms with Crippen molar-refractivity contribution in [2.24, 2.45) is 0 Å². The predicted molar refractivity (Wildman–Crippen MR) is 81.6 cm³/mol. The van der Waals surface area contributed by atoms with E-state index >= 15 is 0 Å². The van der Waals surface area contributed by atoms with Gasteiger partial charge in [0.05, 0.1) is 17.7 Å². The molecule has 0 saturated heterocycles. The first-order valence-corrected chi connectivity index (χ1v) is 6.38. The maximum Gasteiger partial charge on any atom is 0.259 e. The summed E-state index contributed by atoms with van der Waals surface area (Å²) in [6, 6.07) is 12.1. The minimum absolute atomic E-state index is 0.226. The minimum Gasteiger partial charge on any atom is -0.497 e. The number of anilines is 2. The number of benzene rings is 2. The van der Waals surface area contributed by atoms with Gasteiger partial charge in [-0.2, -0.15) is 0 Å². The number of hydrogen-bond donors (Lipinski definition) is 1. The molecule has 0 aliphatic carbocycles. The van der Waals surface area contributed by atoms with Gasteiger partial charge in [0, 0.05) is 24.5 Å². The number of ether oxygens (including phenoxy) is 1. The van der Waals surface area contributed by atoms with Gasteiger partial charge in [-0.25, -0.2) is 0 Å². The molecule has 5 heteroatoms. The highest BCUT2D eigenvalue weighted by Crippen LogP contribution is 2.25. The number of nitrogens with two attached hydrogens (primary N) is 1. The Morgan fingerprint density at radius 3 is 2.70 bits per heavy atom. The van der Waals surface area contributed by atoms with Gasteiger partial charge in [-0.15, -0.1) is 0 Å². The van der Waals surface area contributed by atoms with Crippen molar-refractivity contribution in [1.29, 1.82) is 0 Å². The third-order valence-electron chi connectivity index (χ3n) is 2.97. The summed E-state index contributed by atoms with van der Waals surface area (Å²) in [5, 5.41) is 0.374. The predicted octanol–water partition coefficient (Wildman–Crippen LogP) is 3.21. The van der Waals surface area contributed by atoms with Gasteiger partial charge in [0.1, 0.15) is 5.75 Å². The van der Waals surface area contributed by atoms with E-state index in [4.69, 9.17) is 22.1 Å². The van der Waals surface area contributed by atoms with E-state index in [9.17, 15) is 4.79 Å². The van der Waals surface area contributed by atoms with Gasteiger partial charge in [0.2, 0.25) is 0 Å². The molecule has 2 rings (SSSR count). The number of rotatable bonds is 3. The van der Waals surface area contributed by atoms with Crippen LogP contribution in [0, 0.1) is 0 Å². The standard InChI is InChI=1S/C15H15ClN2O2/c1-18(11-4-3-5-12(9-11)20-2)15(19)13-8-10(17)6-7-14(13)16/h3-9H,17H2,1-2H3. The lowest BCUT2D eigenvalue weighted by Crippen LogP contribution is -2.26. The maximum atomic E-state index is 12.5. The molecule has 20 heavy (non-hydrogen) atoms. The molecule has 1 amide bonds. The van der Waals surface area contributed by atoms with Crippen LogP contribution in [0.25, 0.3) is 0 Å². The van der Waals surface area contributed by atoms with Crippen LogP contribution in [0.1, 0.15) is 10.4 Å². The second kappa shape index (κ2) is 5.84. The van der Waals surface area contributed by atoms with Crippen LogP contribution in [0.2, 0.25) is 5.02 Å². The summed E-state index contributed by atoms with van der Waals surface area (Å²) in [6.45, 7) is 0. The van der Waals surface area contributed by atoms with Crippen molar-refractivity contribution in [3.8, 4) is 5.75 Å². The molecular weight excluding hydrogens is 276 g/mol. The highest BCUT2D eigenvalue weighted by Gasteiger charge is 2.17. The highest BCUT2D eigenvalue weighted by atomic mass is 35.5. The van der Waals surface area contributed by atoms with Crippen molar-refractivity contribution >= 4 is 28.9 Å². The molecule has 0 atom stereocenters. The molecule has 2 aromatic carbocycles. The van der Waals surface area contributed by atoms with E-state index in [0.717, 1.165) is 0 Å². The molecule has 0 fully saturated rings. The molecule has 4 nitrogen and oxygen atoms in total. The van der Waals surface area contributed by atoms with Crippen molar-refractivity contribution in [1.82, 2.24) is 0 Å². The molecule has 0 heterocycles. The van der Waals surface area contributed by atoms with Gasteiger partial charge in [0.25, 0.3) is 5.91 Å². The van der Waals surface area contributed by atoms with E-state index < -0.39 is 0 Å². The fourth-order valence-electron chi connectivity index (χ4n) is 1.82. The second-order valence-electron chi connectivity index (χ2n) is 4.30. The lowest BCUT2D eigenvalue weighted by Gasteiger charge is -2.19. The average molecular weight is 291 g/mol. The molecule has 0 bridgehead atoms. The third kappa shape index (κ3) is 2.86. The number of halogens is 1. The zero-order valence-corrected chi connectivity index (χ0v) is 12.0. The molecular formula is C15H15ClN2O2. The molecule has 0 aliphatic heterocycles. The van der Waals surface area contributed by atoms with E-state index in [2.05, 4.69) is 0 Å². The van der Waals surface area contributed by atoms with E-state index in [1.54, 1.807) is 38.4 Å². The van der Waals surface area contributed by atoms with Gasteiger partial charge in [-0.1, -0.05) is 17.7 Å². The molecule has 2 N–H and O–H groups in total.